The maximum Gasteiger partial charge on any atom is 0.419 e. The van der Waals surface area contributed by atoms with Gasteiger partial charge in [-0.3, -0.25) is 0 Å². The highest BCUT2D eigenvalue weighted by Crippen LogP contribution is 2.31. The van der Waals surface area contributed by atoms with Crippen LogP contribution < -0.4 is 5.32 Å². The fourth-order valence-electron chi connectivity index (χ4n) is 1.38. The van der Waals surface area contributed by atoms with Gasteiger partial charge in [-0.2, -0.15) is 13.2 Å². The summed E-state index contributed by atoms with van der Waals surface area (Å²) in [6.07, 6.45) is -4.75. The van der Waals surface area contributed by atoms with E-state index in [2.05, 4.69) is 5.32 Å². The Bertz CT molecular complexity index is 430. The van der Waals surface area contributed by atoms with E-state index in [1.807, 2.05) is 0 Å². The minimum atomic E-state index is -4.75. The van der Waals surface area contributed by atoms with E-state index in [9.17, 15) is 17.6 Å². The Kier molecular flexibility index (Phi) is 4.89. The maximum absolute atomic E-state index is 13.1. The molecule has 3 N–H and O–H groups in total. The Morgan fingerprint density at radius 1 is 1.16 bits per heavy atom. The zero-order valence-electron chi connectivity index (χ0n) is 10.3. The normalized spacial score (nSPS) is 12.8. The Balaban J connectivity index is 2.87. The first-order valence-electron chi connectivity index (χ1n) is 5.54. The lowest BCUT2D eigenvalue weighted by Crippen LogP contribution is -2.48. The predicted molar refractivity (Wildman–Crippen MR) is 60.8 cm³/mol. The molecule has 0 heterocycles. The van der Waals surface area contributed by atoms with Crippen molar-refractivity contribution in [1.82, 2.24) is 5.32 Å². The molecule has 0 bridgehead atoms. The summed E-state index contributed by atoms with van der Waals surface area (Å²) in [5.41, 5.74) is -2.13. The second-order valence-electron chi connectivity index (χ2n) is 4.54. The Hall–Kier alpha value is -1.18. The van der Waals surface area contributed by atoms with Crippen molar-refractivity contribution < 1.29 is 27.8 Å². The molecule has 19 heavy (non-hydrogen) atoms. The summed E-state index contributed by atoms with van der Waals surface area (Å²) >= 11 is 0. The number of rotatable bonds is 5. The highest BCUT2D eigenvalue weighted by Gasteiger charge is 2.34. The van der Waals surface area contributed by atoms with Crippen molar-refractivity contribution in [2.45, 2.75) is 25.2 Å². The topological polar surface area (TPSA) is 52.5 Å². The molecule has 0 fully saturated rings. The van der Waals surface area contributed by atoms with E-state index < -0.39 is 23.1 Å². The van der Waals surface area contributed by atoms with E-state index in [0.29, 0.717) is 6.07 Å². The molecule has 108 valence electrons. The zero-order chi connectivity index (χ0) is 14.7. The van der Waals surface area contributed by atoms with Gasteiger partial charge in [-0.05, 0) is 24.6 Å². The minimum absolute atomic E-state index is 0.0268. The smallest absolute Gasteiger partial charge is 0.394 e. The lowest BCUT2D eigenvalue weighted by Gasteiger charge is -2.26. The highest BCUT2D eigenvalue weighted by atomic mass is 19.4. The fourth-order valence-corrected chi connectivity index (χ4v) is 1.38. The molecule has 0 amide bonds. The van der Waals surface area contributed by atoms with Crippen molar-refractivity contribution in [2.75, 3.05) is 13.2 Å². The van der Waals surface area contributed by atoms with E-state index in [-0.39, 0.29) is 25.3 Å². The summed E-state index contributed by atoms with van der Waals surface area (Å²) in [7, 11) is 0. The van der Waals surface area contributed by atoms with E-state index in [1.54, 1.807) is 0 Å². The number of aliphatic hydroxyl groups excluding tert-OH is 2. The molecule has 0 unspecified atom stereocenters. The van der Waals surface area contributed by atoms with E-state index in [1.165, 1.54) is 13.0 Å². The molecule has 0 aliphatic rings. The minimum Gasteiger partial charge on any atom is -0.394 e. The van der Waals surface area contributed by atoms with Crippen LogP contribution >= 0.6 is 0 Å². The predicted octanol–water partition coefficient (Wildman–Crippen LogP) is 1.68. The zero-order valence-corrected chi connectivity index (χ0v) is 10.3. The summed E-state index contributed by atoms with van der Waals surface area (Å²) in [6.45, 7) is 0.732. The van der Waals surface area contributed by atoms with Gasteiger partial charge in [0.15, 0.2) is 0 Å². The number of alkyl halides is 3. The van der Waals surface area contributed by atoms with Crippen molar-refractivity contribution in [3.8, 4) is 0 Å². The van der Waals surface area contributed by atoms with Crippen LogP contribution in [0.5, 0.6) is 0 Å². The molecule has 1 aromatic rings. The summed E-state index contributed by atoms with van der Waals surface area (Å²) in [6, 6.07) is 2.67. The molecule has 0 radical (unpaired) electrons. The molecule has 0 spiro atoms. The Labute approximate surface area is 107 Å². The summed E-state index contributed by atoms with van der Waals surface area (Å²) < 4.78 is 50.5. The lowest BCUT2D eigenvalue weighted by molar-refractivity contribution is -0.140. The van der Waals surface area contributed by atoms with Crippen LogP contribution in [0, 0.1) is 5.82 Å². The number of benzene rings is 1. The van der Waals surface area contributed by atoms with Crippen LogP contribution in [-0.2, 0) is 12.7 Å². The van der Waals surface area contributed by atoms with Crippen molar-refractivity contribution in [3.63, 3.8) is 0 Å². The van der Waals surface area contributed by atoms with Gasteiger partial charge >= 0.3 is 6.18 Å². The van der Waals surface area contributed by atoms with Crippen molar-refractivity contribution in [2.24, 2.45) is 0 Å². The van der Waals surface area contributed by atoms with Gasteiger partial charge in [0.2, 0.25) is 0 Å². The second kappa shape index (κ2) is 5.85. The molecule has 0 saturated carbocycles. The standard InChI is InChI=1S/C12H15F4NO2/c1-11(6-18,7-19)17-5-8-2-3-10(13)9(4-8)12(14,15)16/h2-4,17-19H,5-7H2,1H3. The molecule has 3 nitrogen and oxygen atoms in total. The summed E-state index contributed by atoms with van der Waals surface area (Å²) in [5.74, 6) is -1.33. The third-order valence-corrected chi connectivity index (χ3v) is 2.75. The first kappa shape index (κ1) is 15.9. The second-order valence-corrected chi connectivity index (χ2v) is 4.54. The number of halogens is 4. The average molecular weight is 281 g/mol. The largest absolute Gasteiger partial charge is 0.419 e. The van der Waals surface area contributed by atoms with Crippen molar-refractivity contribution in [1.29, 1.82) is 0 Å². The molecule has 0 aromatic heterocycles. The number of aliphatic hydroxyl groups is 2. The van der Waals surface area contributed by atoms with Gasteiger partial charge in [-0.1, -0.05) is 6.07 Å². The van der Waals surface area contributed by atoms with Gasteiger partial charge in [0.1, 0.15) is 5.82 Å². The number of hydrogen-bond donors (Lipinski definition) is 3. The molecule has 0 aliphatic carbocycles. The Morgan fingerprint density at radius 3 is 2.21 bits per heavy atom. The van der Waals surface area contributed by atoms with Crippen LogP contribution in [0.25, 0.3) is 0 Å². The monoisotopic (exact) mass is 281 g/mol. The van der Waals surface area contributed by atoms with Gasteiger partial charge in [-0.25, -0.2) is 4.39 Å². The molecular weight excluding hydrogens is 266 g/mol. The van der Waals surface area contributed by atoms with Crippen LogP contribution in [0.2, 0.25) is 0 Å². The Morgan fingerprint density at radius 2 is 1.74 bits per heavy atom. The highest BCUT2D eigenvalue weighted by molar-refractivity contribution is 5.27. The summed E-state index contributed by atoms with van der Waals surface area (Å²) in [4.78, 5) is 0. The molecule has 1 aromatic carbocycles. The van der Waals surface area contributed by atoms with Crippen LogP contribution in [-0.4, -0.2) is 29.0 Å². The SMILES string of the molecule is CC(CO)(CO)NCc1ccc(F)c(C(F)(F)F)c1. The fraction of sp³-hybridized carbons (Fsp3) is 0.500. The molecule has 1 rings (SSSR count). The van der Waals surface area contributed by atoms with Gasteiger partial charge < -0.3 is 15.5 Å². The average Bonchev–Trinajstić information content (AvgIpc) is 2.36. The molecule has 7 heteroatoms. The van der Waals surface area contributed by atoms with Crippen molar-refractivity contribution in [3.05, 3.63) is 35.1 Å². The van der Waals surface area contributed by atoms with Gasteiger partial charge in [-0.15, -0.1) is 0 Å². The number of hydrogen-bond acceptors (Lipinski definition) is 3. The van der Waals surface area contributed by atoms with Gasteiger partial charge in [0, 0.05) is 6.54 Å². The maximum atomic E-state index is 13.1. The van der Waals surface area contributed by atoms with Crippen LogP contribution in [0.4, 0.5) is 17.6 Å². The van der Waals surface area contributed by atoms with E-state index >= 15 is 0 Å². The van der Waals surface area contributed by atoms with Crippen LogP contribution in [0.3, 0.4) is 0 Å². The lowest BCUT2D eigenvalue weighted by atomic mass is 10.0. The molecule has 0 saturated heterocycles. The quantitative estimate of drug-likeness (QED) is 0.720. The number of nitrogens with one attached hydrogen (secondary N) is 1. The molecule has 0 aliphatic heterocycles. The summed E-state index contributed by atoms with van der Waals surface area (Å²) in [5, 5.41) is 20.8. The molecule has 0 atom stereocenters. The first-order valence-corrected chi connectivity index (χ1v) is 5.54. The van der Waals surface area contributed by atoms with Crippen molar-refractivity contribution >= 4 is 0 Å². The molecular formula is C12H15F4NO2. The van der Waals surface area contributed by atoms with E-state index in [4.69, 9.17) is 10.2 Å². The van der Waals surface area contributed by atoms with Crippen LogP contribution in [0.1, 0.15) is 18.1 Å². The van der Waals surface area contributed by atoms with Gasteiger partial charge in [0.25, 0.3) is 0 Å². The van der Waals surface area contributed by atoms with Gasteiger partial charge in [0.05, 0.1) is 24.3 Å². The first-order chi connectivity index (χ1) is 8.72. The third-order valence-electron chi connectivity index (χ3n) is 2.75. The van der Waals surface area contributed by atoms with E-state index in [0.717, 1.165) is 6.07 Å². The van der Waals surface area contributed by atoms with Crippen LogP contribution in [0.15, 0.2) is 18.2 Å². The third kappa shape index (κ3) is 4.15.